The van der Waals surface area contributed by atoms with E-state index in [1.165, 1.54) is 0 Å². The van der Waals surface area contributed by atoms with Crippen molar-refractivity contribution >= 4 is 27.3 Å². The Bertz CT molecular complexity index is 413. The molecule has 1 unspecified atom stereocenters. The molecule has 0 spiro atoms. The zero-order chi connectivity index (χ0) is 10.7. The Balaban J connectivity index is 2.23. The highest BCUT2D eigenvalue weighted by molar-refractivity contribution is 9.09. The Hall–Kier alpha value is -0.650. The smallest absolute Gasteiger partial charge is 0.150 e. The van der Waals surface area contributed by atoms with E-state index >= 15 is 0 Å². The third-order valence-electron chi connectivity index (χ3n) is 2.04. The molecule has 2 rings (SSSR count). The van der Waals surface area contributed by atoms with Gasteiger partial charge in [0.15, 0.2) is 0 Å². The third-order valence-corrected chi connectivity index (χ3v) is 3.66. The van der Waals surface area contributed by atoms with Crippen molar-refractivity contribution in [2.45, 2.75) is 12.6 Å². The fourth-order valence-corrected chi connectivity index (χ4v) is 2.30. The van der Waals surface area contributed by atoms with E-state index in [-0.39, 0.29) is 6.10 Å². The van der Waals surface area contributed by atoms with Gasteiger partial charge in [0.1, 0.15) is 5.82 Å². The quantitative estimate of drug-likeness (QED) is 0.877. The molecule has 5 heteroatoms. The van der Waals surface area contributed by atoms with Crippen molar-refractivity contribution in [3.8, 4) is 10.7 Å². The summed E-state index contributed by atoms with van der Waals surface area (Å²) >= 11 is 4.91. The van der Waals surface area contributed by atoms with Crippen molar-refractivity contribution in [1.82, 2.24) is 9.55 Å². The maximum atomic E-state index is 9.56. The van der Waals surface area contributed by atoms with Crippen LogP contribution in [0.4, 0.5) is 0 Å². The fraction of sp³-hybridized carbons (Fsp3) is 0.300. The number of aromatic nitrogens is 2. The van der Waals surface area contributed by atoms with Crippen molar-refractivity contribution < 1.29 is 5.11 Å². The molecule has 0 bridgehead atoms. The van der Waals surface area contributed by atoms with Gasteiger partial charge in [-0.1, -0.05) is 22.0 Å². The lowest BCUT2D eigenvalue weighted by molar-refractivity contribution is 0.180. The maximum absolute atomic E-state index is 9.56. The van der Waals surface area contributed by atoms with Gasteiger partial charge in [-0.2, -0.15) is 0 Å². The highest BCUT2D eigenvalue weighted by Crippen LogP contribution is 2.22. The number of rotatable bonds is 4. The Labute approximate surface area is 101 Å². The Morgan fingerprint density at radius 3 is 3.13 bits per heavy atom. The van der Waals surface area contributed by atoms with Gasteiger partial charge in [0.25, 0.3) is 0 Å². The van der Waals surface area contributed by atoms with E-state index in [1.54, 1.807) is 17.5 Å². The molecule has 3 nitrogen and oxygen atoms in total. The molecule has 0 amide bonds. The average molecular weight is 287 g/mol. The second kappa shape index (κ2) is 4.92. The van der Waals surface area contributed by atoms with Crippen molar-refractivity contribution in [1.29, 1.82) is 0 Å². The van der Waals surface area contributed by atoms with E-state index in [4.69, 9.17) is 0 Å². The van der Waals surface area contributed by atoms with Crippen LogP contribution in [0.15, 0.2) is 29.9 Å². The van der Waals surface area contributed by atoms with E-state index in [0.29, 0.717) is 11.9 Å². The van der Waals surface area contributed by atoms with Gasteiger partial charge in [0, 0.05) is 17.7 Å². The molecule has 2 aromatic rings. The molecule has 2 heterocycles. The van der Waals surface area contributed by atoms with E-state index in [1.807, 2.05) is 28.3 Å². The standard InChI is InChI=1S/C10H11BrN2OS/c11-6-8(14)7-13-4-3-12-10(13)9-2-1-5-15-9/h1-5,8,14H,6-7H2. The number of aliphatic hydroxyl groups is 1. The summed E-state index contributed by atoms with van der Waals surface area (Å²) < 4.78 is 1.97. The predicted octanol–water partition coefficient (Wildman–Crippen LogP) is 2.37. The summed E-state index contributed by atoms with van der Waals surface area (Å²) in [5, 5.41) is 12.2. The second-order valence-corrected chi connectivity index (χ2v) is 4.78. The molecule has 0 radical (unpaired) electrons. The van der Waals surface area contributed by atoms with Gasteiger partial charge in [0.05, 0.1) is 17.5 Å². The van der Waals surface area contributed by atoms with Gasteiger partial charge >= 0.3 is 0 Å². The van der Waals surface area contributed by atoms with Crippen LogP contribution in [0, 0.1) is 0 Å². The average Bonchev–Trinajstić information content (AvgIpc) is 2.86. The molecule has 0 aliphatic rings. The first-order valence-corrected chi connectivity index (χ1v) is 6.60. The number of halogens is 1. The summed E-state index contributed by atoms with van der Waals surface area (Å²) in [4.78, 5) is 5.42. The van der Waals surface area contributed by atoms with Gasteiger partial charge in [0.2, 0.25) is 0 Å². The molecule has 0 aliphatic carbocycles. The van der Waals surface area contributed by atoms with Crippen LogP contribution in [0.5, 0.6) is 0 Å². The van der Waals surface area contributed by atoms with E-state index in [0.717, 1.165) is 10.7 Å². The van der Waals surface area contributed by atoms with Gasteiger partial charge in [-0.25, -0.2) is 4.98 Å². The van der Waals surface area contributed by atoms with E-state index in [9.17, 15) is 5.11 Å². The van der Waals surface area contributed by atoms with Crippen LogP contribution in [0.2, 0.25) is 0 Å². The summed E-state index contributed by atoms with van der Waals surface area (Å²) in [7, 11) is 0. The van der Waals surface area contributed by atoms with Gasteiger partial charge in [-0.15, -0.1) is 11.3 Å². The Morgan fingerprint density at radius 2 is 2.47 bits per heavy atom. The first-order chi connectivity index (χ1) is 7.31. The van der Waals surface area contributed by atoms with Crippen LogP contribution < -0.4 is 0 Å². The van der Waals surface area contributed by atoms with Crippen LogP contribution in [0.3, 0.4) is 0 Å². The molecule has 0 aliphatic heterocycles. The molecule has 0 aromatic carbocycles. The lowest BCUT2D eigenvalue weighted by Gasteiger charge is -2.10. The minimum Gasteiger partial charge on any atom is -0.390 e. The van der Waals surface area contributed by atoms with E-state index < -0.39 is 0 Å². The summed E-state index contributed by atoms with van der Waals surface area (Å²) in [6, 6.07) is 4.03. The van der Waals surface area contributed by atoms with Crippen LogP contribution in [-0.2, 0) is 6.54 Å². The van der Waals surface area contributed by atoms with Gasteiger partial charge in [-0.05, 0) is 11.4 Å². The molecule has 2 aromatic heterocycles. The largest absolute Gasteiger partial charge is 0.390 e. The zero-order valence-electron chi connectivity index (χ0n) is 8.01. The number of aliphatic hydroxyl groups excluding tert-OH is 1. The fourth-order valence-electron chi connectivity index (χ4n) is 1.36. The lowest BCUT2D eigenvalue weighted by atomic mass is 10.4. The van der Waals surface area contributed by atoms with E-state index in [2.05, 4.69) is 20.9 Å². The first kappa shape index (κ1) is 10.9. The Kier molecular flexibility index (Phi) is 3.56. The molecule has 15 heavy (non-hydrogen) atoms. The molecule has 0 saturated carbocycles. The number of hydrogen-bond acceptors (Lipinski definition) is 3. The normalized spacial score (nSPS) is 12.9. The first-order valence-electron chi connectivity index (χ1n) is 4.60. The van der Waals surface area contributed by atoms with Crippen LogP contribution >= 0.6 is 27.3 Å². The maximum Gasteiger partial charge on any atom is 0.150 e. The number of nitrogens with zero attached hydrogens (tertiary/aromatic N) is 2. The SMILES string of the molecule is OC(CBr)Cn1ccnc1-c1cccs1. The van der Waals surface area contributed by atoms with Gasteiger partial charge < -0.3 is 9.67 Å². The third kappa shape index (κ3) is 2.48. The van der Waals surface area contributed by atoms with Crippen molar-refractivity contribution in [2.75, 3.05) is 5.33 Å². The minimum absolute atomic E-state index is 0.377. The highest BCUT2D eigenvalue weighted by Gasteiger charge is 2.09. The zero-order valence-corrected chi connectivity index (χ0v) is 10.4. The summed E-state index contributed by atoms with van der Waals surface area (Å²) in [5.41, 5.74) is 0. The molecule has 80 valence electrons. The number of thiophene rings is 1. The summed E-state index contributed by atoms with van der Waals surface area (Å²) in [6.45, 7) is 0.568. The van der Waals surface area contributed by atoms with Crippen molar-refractivity contribution in [3.63, 3.8) is 0 Å². The van der Waals surface area contributed by atoms with Gasteiger partial charge in [-0.3, -0.25) is 0 Å². The monoisotopic (exact) mass is 286 g/mol. The second-order valence-electron chi connectivity index (χ2n) is 3.19. The molecular formula is C10H11BrN2OS. The number of alkyl halides is 1. The summed E-state index contributed by atoms with van der Waals surface area (Å²) in [5.74, 6) is 0.921. The number of imidazole rings is 1. The molecule has 1 N–H and O–H groups in total. The molecule has 0 fully saturated rings. The van der Waals surface area contributed by atoms with Crippen molar-refractivity contribution in [2.24, 2.45) is 0 Å². The Morgan fingerprint density at radius 1 is 1.60 bits per heavy atom. The molecular weight excluding hydrogens is 276 g/mol. The molecule has 0 saturated heterocycles. The van der Waals surface area contributed by atoms with Crippen LogP contribution in [0.1, 0.15) is 0 Å². The molecule has 1 atom stereocenters. The predicted molar refractivity (Wildman–Crippen MR) is 65.3 cm³/mol. The van der Waals surface area contributed by atoms with Crippen LogP contribution in [0.25, 0.3) is 10.7 Å². The number of hydrogen-bond donors (Lipinski definition) is 1. The summed E-state index contributed by atoms with van der Waals surface area (Å²) in [6.07, 6.45) is 3.27. The van der Waals surface area contributed by atoms with Crippen molar-refractivity contribution in [3.05, 3.63) is 29.9 Å². The lowest BCUT2D eigenvalue weighted by Crippen LogP contribution is -2.17. The van der Waals surface area contributed by atoms with Crippen LogP contribution in [-0.4, -0.2) is 26.1 Å². The highest BCUT2D eigenvalue weighted by atomic mass is 79.9. The minimum atomic E-state index is -0.377. The topological polar surface area (TPSA) is 38.0 Å².